The molecular formula is C14H21NO2. The molecule has 0 saturated carbocycles. The molecule has 0 radical (unpaired) electrons. The highest BCUT2D eigenvalue weighted by Gasteiger charge is 2.03. The summed E-state index contributed by atoms with van der Waals surface area (Å²) in [6, 6.07) is 7.94. The van der Waals surface area contributed by atoms with Crippen LogP contribution < -0.4 is 5.32 Å². The first-order valence-electron chi connectivity index (χ1n) is 5.95. The van der Waals surface area contributed by atoms with Crippen LogP contribution in [0.4, 0.5) is 0 Å². The van der Waals surface area contributed by atoms with Gasteiger partial charge in [0, 0.05) is 13.7 Å². The summed E-state index contributed by atoms with van der Waals surface area (Å²) >= 11 is 0. The number of carbonyl (C=O) groups is 1. The Hall–Kier alpha value is -1.35. The van der Waals surface area contributed by atoms with E-state index in [2.05, 4.69) is 19.2 Å². The quantitative estimate of drug-likeness (QED) is 0.820. The lowest BCUT2D eigenvalue weighted by Crippen LogP contribution is -2.28. The van der Waals surface area contributed by atoms with Gasteiger partial charge < -0.3 is 10.1 Å². The number of nitrogens with one attached hydrogen (secondary N) is 1. The molecule has 0 heterocycles. The molecule has 1 aromatic rings. The molecule has 1 rings (SSSR count). The summed E-state index contributed by atoms with van der Waals surface area (Å²) in [5, 5.41) is 2.91. The van der Waals surface area contributed by atoms with Gasteiger partial charge in [-0.05, 0) is 17.0 Å². The fourth-order valence-corrected chi connectivity index (χ4v) is 1.49. The average Bonchev–Trinajstić information content (AvgIpc) is 2.29. The molecule has 0 aliphatic rings. The SMILES string of the molecule is COCc1ccc(CC(=O)NCC(C)C)cc1. The summed E-state index contributed by atoms with van der Waals surface area (Å²) < 4.78 is 5.03. The molecule has 3 nitrogen and oxygen atoms in total. The van der Waals surface area contributed by atoms with Crippen molar-refractivity contribution in [3.05, 3.63) is 35.4 Å². The van der Waals surface area contributed by atoms with Crippen LogP contribution in [0, 0.1) is 5.92 Å². The average molecular weight is 235 g/mol. The van der Waals surface area contributed by atoms with E-state index in [4.69, 9.17) is 4.74 Å². The molecule has 0 atom stereocenters. The molecule has 3 heteroatoms. The smallest absolute Gasteiger partial charge is 0.224 e. The number of amides is 1. The van der Waals surface area contributed by atoms with Gasteiger partial charge in [0.1, 0.15) is 0 Å². The van der Waals surface area contributed by atoms with E-state index in [-0.39, 0.29) is 5.91 Å². The number of benzene rings is 1. The zero-order chi connectivity index (χ0) is 12.7. The van der Waals surface area contributed by atoms with Crippen LogP contribution in [0.25, 0.3) is 0 Å². The summed E-state index contributed by atoms with van der Waals surface area (Å²) in [7, 11) is 1.67. The fraction of sp³-hybridized carbons (Fsp3) is 0.500. The van der Waals surface area contributed by atoms with Gasteiger partial charge in [-0.15, -0.1) is 0 Å². The predicted molar refractivity (Wildman–Crippen MR) is 68.7 cm³/mol. The number of ether oxygens (including phenoxy) is 1. The Labute approximate surface area is 103 Å². The van der Waals surface area contributed by atoms with Crippen molar-refractivity contribution in [3.8, 4) is 0 Å². The van der Waals surface area contributed by atoms with Crippen molar-refractivity contribution in [1.82, 2.24) is 5.32 Å². The Morgan fingerprint density at radius 3 is 2.35 bits per heavy atom. The van der Waals surface area contributed by atoms with E-state index in [0.717, 1.165) is 17.7 Å². The van der Waals surface area contributed by atoms with E-state index < -0.39 is 0 Å². The van der Waals surface area contributed by atoms with Crippen LogP contribution in [-0.4, -0.2) is 19.6 Å². The van der Waals surface area contributed by atoms with Gasteiger partial charge in [-0.2, -0.15) is 0 Å². The molecule has 94 valence electrons. The van der Waals surface area contributed by atoms with Crippen LogP contribution in [-0.2, 0) is 22.6 Å². The van der Waals surface area contributed by atoms with Crippen LogP contribution in [0.5, 0.6) is 0 Å². The number of carbonyl (C=O) groups excluding carboxylic acids is 1. The fourth-order valence-electron chi connectivity index (χ4n) is 1.49. The van der Waals surface area contributed by atoms with E-state index >= 15 is 0 Å². The highest BCUT2D eigenvalue weighted by molar-refractivity contribution is 5.78. The lowest BCUT2D eigenvalue weighted by Gasteiger charge is -2.08. The largest absolute Gasteiger partial charge is 0.380 e. The summed E-state index contributed by atoms with van der Waals surface area (Å²) in [6.07, 6.45) is 0.444. The molecule has 0 aliphatic heterocycles. The Morgan fingerprint density at radius 1 is 1.24 bits per heavy atom. The van der Waals surface area contributed by atoms with Crippen molar-refractivity contribution in [1.29, 1.82) is 0 Å². The molecule has 0 saturated heterocycles. The normalized spacial score (nSPS) is 10.6. The molecule has 0 bridgehead atoms. The van der Waals surface area contributed by atoms with Gasteiger partial charge in [-0.3, -0.25) is 4.79 Å². The summed E-state index contributed by atoms with van der Waals surface area (Å²) in [5.74, 6) is 0.571. The first-order chi connectivity index (χ1) is 8.11. The molecule has 1 N–H and O–H groups in total. The maximum Gasteiger partial charge on any atom is 0.224 e. The molecule has 17 heavy (non-hydrogen) atoms. The van der Waals surface area contributed by atoms with Crippen molar-refractivity contribution in [2.24, 2.45) is 5.92 Å². The second-order valence-electron chi connectivity index (χ2n) is 4.62. The Balaban J connectivity index is 2.43. The van der Waals surface area contributed by atoms with Crippen molar-refractivity contribution >= 4 is 5.91 Å². The first kappa shape index (κ1) is 13.7. The van der Waals surface area contributed by atoms with Crippen LogP contribution in [0.1, 0.15) is 25.0 Å². The van der Waals surface area contributed by atoms with Gasteiger partial charge in [-0.1, -0.05) is 38.1 Å². The second kappa shape index (κ2) is 7.07. The summed E-state index contributed by atoms with van der Waals surface area (Å²) in [5.41, 5.74) is 2.16. The lowest BCUT2D eigenvalue weighted by molar-refractivity contribution is -0.120. The van der Waals surface area contributed by atoms with Crippen LogP contribution >= 0.6 is 0 Å². The van der Waals surface area contributed by atoms with Crippen LogP contribution in [0.2, 0.25) is 0 Å². The minimum absolute atomic E-state index is 0.0817. The first-order valence-corrected chi connectivity index (χ1v) is 5.95. The predicted octanol–water partition coefficient (Wildman–Crippen LogP) is 2.15. The molecule has 0 unspecified atom stereocenters. The van der Waals surface area contributed by atoms with Crippen LogP contribution in [0.3, 0.4) is 0 Å². The van der Waals surface area contributed by atoms with Gasteiger partial charge in [0.2, 0.25) is 5.91 Å². The van der Waals surface area contributed by atoms with Gasteiger partial charge in [-0.25, -0.2) is 0 Å². The number of hydrogen-bond donors (Lipinski definition) is 1. The van der Waals surface area contributed by atoms with E-state index in [9.17, 15) is 4.79 Å². The molecule has 0 fully saturated rings. The highest BCUT2D eigenvalue weighted by atomic mass is 16.5. The van der Waals surface area contributed by atoms with E-state index in [0.29, 0.717) is 18.9 Å². The highest BCUT2D eigenvalue weighted by Crippen LogP contribution is 2.06. The maximum atomic E-state index is 11.6. The van der Waals surface area contributed by atoms with E-state index in [1.54, 1.807) is 7.11 Å². The van der Waals surface area contributed by atoms with E-state index in [1.165, 1.54) is 0 Å². The number of rotatable bonds is 6. The number of hydrogen-bond acceptors (Lipinski definition) is 2. The zero-order valence-electron chi connectivity index (χ0n) is 10.8. The molecule has 0 aliphatic carbocycles. The van der Waals surface area contributed by atoms with Crippen molar-refractivity contribution < 1.29 is 9.53 Å². The third-order valence-electron chi connectivity index (χ3n) is 2.41. The van der Waals surface area contributed by atoms with Crippen LogP contribution in [0.15, 0.2) is 24.3 Å². The maximum absolute atomic E-state index is 11.6. The molecule has 1 aromatic carbocycles. The van der Waals surface area contributed by atoms with Gasteiger partial charge in [0.15, 0.2) is 0 Å². The molecule has 0 spiro atoms. The molecule has 1 amide bonds. The monoisotopic (exact) mass is 235 g/mol. The molecular weight excluding hydrogens is 214 g/mol. The Kier molecular flexibility index (Phi) is 5.70. The van der Waals surface area contributed by atoms with Gasteiger partial charge in [0.25, 0.3) is 0 Å². The van der Waals surface area contributed by atoms with E-state index in [1.807, 2.05) is 24.3 Å². The zero-order valence-corrected chi connectivity index (χ0v) is 10.8. The molecule has 0 aromatic heterocycles. The summed E-state index contributed by atoms with van der Waals surface area (Å²) in [6.45, 7) is 5.51. The van der Waals surface area contributed by atoms with Gasteiger partial charge >= 0.3 is 0 Å². The topological polar surface area (TPSA) is 38.3 Å². The summed E-state index contributed by atoms with van der Waals surface area (Å²) in [4.78, 5) is 11.6. The standard InChI is InChI=1S/C14H21NO2/c1-11(2)9-15-14(16)8-12-4-6-13(7-5-12)10-17-3/h4-7,11H,8-10H2,1-3H3,(H,15,16). The third-order valence-corrected chi connectivity index (χ3v) is 2.41. The second-order valence-corrected chi connectivity index (χ2v) is 4.62. The minimum atomic E-state index is 0.0817. The Morgan fingerprint density at radius 2 is 1.82 bits per heavy atom. The number of methoxy groups -OCH3 is 1. The van der Waals surface area contributed by atoms with Crippen molar-refractivity contribution in [3.63, 3.8) is 0 Å². The lowest BCUT2D eigenvalue weighted by atomic mass is 10.1. The third kappa shape index (κ3) is 5.50. The Bertz CT molecular complexity index is 344. The van der Waals surface area contributed by atoms with Gasteiger partial charge in [0.05, 0.1) is 13.0 Å². The minimum Gasteiger partial charge on any atom is -0.380 e. The van der Waals surface area contributed by atoms with Crippen molar-refractivity contribution in [2.75, 3.05) is 13.7 Å². The van der Waals surface area contributed by atoms with Crippen molar-refractivity contribution in [2.45, 2.75) is 26.9 Å².